The summed E-state index contributed by atoms with van der Waals surface area (Å²) in [6.45, 7) is 0. The second-order valence-electron chi connectivity index (χ2n) is 14.3. The summed E-state index contributed by atoms with van der Waals surface area (Å²) in [5, 5.41) is 7.02. The Morgan fingerprint density at radius 3 is 1.77 bits per heavy atom. The molecule has 12 aromatic rings. The second kappa shape index (κ2) is 12.6. The van der Waals surface area contributed by atoms with Crippen LogP contribution in [0.3, 0.4) is 0 Å². The fourth-order valence-corrected chi connectivity index (χ4v) is 9.68. The molecule has 0 aliphatic rings. The van der Waals surface area contributed by atoms with E-state index < -0.39 is 0 Å². The summed E-state index contributed by atoms with van der Waals surface area (Å²) in [6.07, 6.45) is 0. The standard InChI is InChI=1S/C51H30N4OS/c1-4-14-31(15-5-1)35-22-13-24-41-45(35)37-27-26-34(30-42(37)56-41)50-52-49(33-18-8-3-9-19-33)53-51(54-50)55-39-23-12-21-36(32-16-6-2-7-17-32)46(39)48-40(55)28-29-44-47(48)38-20-10-11-25-43(38)57-44/h1-30H. The van der Waals surface area contributed by atoms with Crippen molar-refractivity contribution in [3.05, 3.63) is 182 Å². The summed E-state index contributed by atoms with van der Waals surface area (Å²) in [7, 11) is 0. The lowest BCUT2D eigenvalue weighted by Gasteiger charge is -2.11. The molecule has 5 nitrogen and oxygen atoms in total. The Bertz CT molecular complexity index is 3510. The molecule has 0 amide bonds. The van der Waals surface area contributed by atoms with Crippen LogP contribution in [0.5, 0.6) is 0 Å². The van der Waals surface area contributed by atoms with Crippen LogP contribution in [0.4, 0.5) is 0 Å². The molecular weight excluding hydrogens is 717 g/mol. The van der Waals surface area contributed by atoms with Crippen LogP contribution in [0.15, 0.2) is 186 Å². The third kappa shape index (κ3) is 4.98. The van der Waals surface area contributed by atoms with Gasteiger partial charge in [0.1, 0.15) is 11.2 Å². The molecule has 4 heterocycles. The van der Waals surface area contributed by atoms with Crippen LogP contribution in [0.2, 0.25) is 0 Å². The van der Waals surface area contributed by atoms with Gasteiger partial charge in [-0.25, -0.2) is 4.98 Å². The van der Waals surface area contributed by atoms with Crippen molar-refractivity contribution in [2.75, 3.05) is 0 Å². The molecule has 0 aliphatic carbocycles. The molecule has 0 unspecified atom stereocenters. The molecule has 0 radical (unpaired) electrons. The summed E-state index contributed by atoms with van der Waals surface area (Å²) in [6, 6.07) is 63.6. The van der Waals surface area contributed by atoms with Gasteiger partial charge in [-0.05, 0) is 64.7 Å². The molecule has 0 atom stereocenters. The Morgan fingerprint density at radius 2 is 1.02 bits per heavy atom. The molecule has 57 heavy (non-hydrogen) atoms. The van der Waals surface area contributed by atoms with Gasteiger partial charge in [0.15, 0.2) is 11.6 Å². The first-order chi connectivity index (χ1) is 28.3. The first-order valence-corrected chi connectivity index (χ1v) is 19.8. The van der Waals surface area contributed by atoms with Crippen molar-refractivity contribution in [2.45, 2.75) is 0 Å². The van der Waals surface area contributed by atoms with E-state index in [2.05, 4.69) is 156 Å². The largest absolute Gasteiger partial charge is 0.456 e. The fraction of sp³-hybridized carbons (Fsp3) is 0. The smallest absolute Gasteiger partial charge is 0.238 e. The summed E-state index contributed by atoms with van der Waals surface area (Å²) < 4.78 is 11.3. The maximum absolute atomic E-state index is 6.56. The number of aromatic nitrogens is 4. The lowest BCUT2D eigenvalue weighted by molar-refractivity contribution is 0.669. The van der Waals surface area contributed by atoms with Gasteiger partial charge in [0.05, 0.1) is 11.0 Å². The molecule has 6 heteroatoms. The highest BCUT2D eigenvalue weighted by Gasteiger charge is 2.23. The second-order valence-corrected chi connectivity index (χ2v) is 15.4. The van der Waals surface area contributed by atoms with Crippen LogP contribution in [-0.4, -0.2) is 19.5 Å². The molecule has 0 fully saturated rings. The summed E-state index contributed by atoms with van der Waals surface area (Å²) in [4.78, 5) is 15.7. The zero-order valence-electron chi connectivity index (χ0n) is 30.4. The molecular formula is C51H30N4OS. The van der Waals surface area contributed by atoms with E-state index in [-0.39, 0.29) is 0 Å². The van der Waals surface area contributed by atoms with E-state index in [4.69, 9.17) is 19.4 Å². The number of thiophene rings is 1. The van der Waals surface area contributed by atoms with E-state index in [0.717, 1.165) is 60.8 Å². The minimum absolute atomic E-state index is 0.555. The van der Waals surface area contributed by atoms with Crippen molar-refractivity contribution in [1.82, 2.24) is 19.5 Å². The Hall–Kier alpha value is -7.41. The van der Waals surface area contributed by atoms with Gasteiger partial charge >= 0.3 is 0 Å². The van der Waals surface area contributed by atoms with Crippen LogP contribution in [-0.2, 0) is 0 Å². The Labute approximate surface area is 330 Å². The number of hydrogen-bond donors (Lipinski definition) is 0. The maximum atomic E-state index is 6.56. The van der Waals surface area contributed by atoms with Crippen LogP contribution < -0.4 is 0 Å². The maximum Gasteiger partial charge on any atom is 0.238 e. The minimum atomic E-state index is 0.555. The molecule has 0 saturated carbocycles. The molecule has 0 saturated heterocycles. The Balaban J connectivity index is 1.14. The number of hydrogen-bond acceptors (Lipinski definition) is 5. The predicted octanol–water partition coefficient (Wildman–Crippen LogP) is 13.9. The lowest BCUT2D eigenvalue weighted by Crippen LogP contribution is -2.06. The molecule has 12 rings (SSSR count). The third-order valence-electron chi connectivity index (χ3n) is 11.1. The van der Waals surface area contributed by atoms with E-state index in [9.17, 15) is 0 Å². The fourth-order valence-electron chi connectivity index (χ4n) is 8.57. The highest BCUT2D eigenvalue weighted by molar-refractivity contribution is 7.26. The van der Waals surface area contributed by atoms with Crippen LogP contribution in [0, 0.1) is 0 Å². The molecule has 0 aliphatic heterocycles. The van der Waals surface area contributed by atoms with Gasteiger partial charge in [0.25, 0.3) is 0 Å². The summed E-state index contributed by atoms with van der Waals surface area (Å²) >= 11 is 1.83. The number of nitrogens with zero attached hydrogens (tertiary/aromatic N) is 4. The van der Waals surface area contributed by atoms with Crippen molar-refractivity contribution in [3.8, 4) is 51.0 Å². The van der Waals surface area contributed by atoms with Gasteiger partial charge in [-0.1, -0.05) is 140 Å². The van der Waals surface area contributed by atoms with E-state index in [1.165, 1.54) is 36.5 Å². The number of fused-ring (bicyclic) bond motifs is 10. The predicted molar refractivity (Wildman–Crippen MR) is 236 cm³/mol. The lowest BCUT2D eigenvalue weighted by atomic mass is 9.97. The van der Waals surface area contributed by atoms with Crippen molar-refractivity contribution < 1.29 is 4.42 Å². The van der Waals surface area contributed by atoms with Gasteiger partial charge in [-0.15, -0.1) is 11.3 Å². The van der Waals surface area contributed by atoms with E-state index in [0.29, 0.717) is 17.6 Å². The number of furan rings is 1. The van der Waals surface area contributed by atoms with E-state index >= 15 is 0 Å². The van der Waals surface area contributed by atoms with Crippen molar-refractivity contribution in [1.29, 1.82) is 0 Å². The topological polar surface area (TPSA) is 56.7 Å². The highest BCUT2D eigenvalue weighted by atomic mass is 32.1. The van der Waals surface area contributed by atoms with Gasteiger partial charge in [-0.3, -0.25) is 4.57 Å². The van der Waals surface area contributed by atoms with Crippen molar-refractivity contribution in [3.63, 3.8) is 0 Å². The van der Waals surface area contributed by atoms with Crippen molar-refractivity contribution >= 4 is 75.3 Å². The average Bonchev–Trinajstić information content (AvgIpc) is 3.96. The summed E-state index contributed by atoms with van der Waals surface area (Å²) in [5.41, 5.74) is 10.1. The Kier molecular flexibility index (Phi) is 7.03. The first-order valence-electron chi connectivity index (χ1n) is 19.0. The molecule has 266 valence electrons. The molecule has 0 spiro atoms. The zero-order chi connectivity index (χ0) is 37.5. The van der Waals surface area contributed by atoms with Gasteiger partial charge in [0, 0.05) is 52.8 Å². The minimum Gasteiger partial charge on any atom is -0.456 e. The quantitative estimate of drug-likeness (QED) is 0.176. The molecule has 8 aromatic carbocycles. The molecule has 0 N–H and O–H groups in total. The highest BCUT2D eigenvalue weighted by Crippen LogP contribution is 2.46. The molecule has 0 bridgehead atoms. The monoisotopic (exact) mass is 746 g/mol. The van der Waals surface area contributed by atoms with E-state index in [1.807, 2.05) is 41.7 Å². The number of benzene rings is 8. The summed E-state index contributed by atoms with van der Waals surface area (Å²) in [5.74, 6) is 1.72. The zero-order valence-corrected chi connectivity index (χ0v) is 31.2. The third-order valence-corrected chi connectivity index (χ3v) is 12.2. The first kappa shape index (κ1) is 31.9. The normalized spacial score (nSPS) is 11.9. The molecule has 4 aromatic heterocycles. The average molecular weight is 747 g/mol. The number of rotatable bonds is 5. The van der Waals surface area contributed by atoms with Crippen LogP contribution in [0.1, 0.15) is 0 Å². The van der Waals surface area contributed by atoms with Gasteiger partial charge < -0.3 is 4.42 Å². The van der Waals surface area contributed by atoms with Crippen LogP contribution in [0.25, 0.3) is 115 Å². The van der Waals surface area contributed by atoms with Gasteiger partial charge in [0.2, 0.25) is 5.95 Å². The SMILES string of the molecule is c1ccc(-c2nc(-c3ccc4c(c3)oc3cccc(-c5ccccc5)c34)nc(-n3c4cccc(-c5ccccc5)c4c4c5c(ccc43)sc3ccccc35)n2)cc1. The Morgan fingerprint density at radius 1 is 0.386 bits per heavy atom. The van der Waals surface area contributed by atoms with Crippen molar-refractivity contribution in [2.24, 2.45) is 0 Å². The van der Waals surface area contributed by atoms with E-state index in [1.54, 1.807) is 0 Å². The van der Waals surface area contributed by atoms with Crippen LogP contribution >= 0.6 is 11.3 Å². The van der Waals surface area contributed by atoms with Gasteiger partial charge in [-0.2, -0.15) is 9.97 Å².